The topological polar surface area (TPSA) is 15.3 Å². The van der Waals surface area contributed by atoms with Gasteiger partial charge in [-0.05, 0) is 35.0 Å². The summed E-state index contributed by atoms with van der Waals surface area (Å²) in [7, 11) is 0. The van der Waals surface area contributed by atoms with Gasteiger partial charge in [-0.2, -0.15) is 0 Å². The number of fused-ring (bicyclic) bond motifs is 2. The van der Waals surface area contributed by atoms with Crippen LogP contribution in [-0.2, 0) is 0 Å². The number of anilines is 3. The highest BCUT2D eigenvalue weighted by Crippen LogP contribution is 2.36. The minimum atomic E-state index is 1.04. The van der Waals surface area contributed by atoms with Gasteiger partial charge in [0.2, 0.25) is 0 Å². The molecule has 0 fully saturated rings. The van der Waals surface area contributed by atoms with Crippen LogP contribution >= 0.6 is 0 Å². The maximum atomic E-state index is 3.63. The molecule has 0 saturated heterocycles. The number of hydrazine groups is 1. The molecular weight excluding hydrogens is 340 g/mol. The molecule has 0 aliphatic carbocycles. The fourth-order valence-electron chi connectivity index (χ4n) is 3.70. The van der Waals surface area contributed by atoms with Crippen LogP contribution in [0.1, 0.15) is 0 Å². The van der Waals surface area contributed by atoms with E-state index in [1.807, 2.05) is 18.2 Å². The molecule has 2 heteroatoms. The third-order valence-corrected chi connectivity index (χ3v) is 5.03. The highest BCUT2D eigenvalue weighted by Gasteiger charge is 2.15. The van der Waals surface area contributed by atoms with Gasteiger partial charge in [0.05, 0.1) is 17.1 Å². The first-order valence-corrected chi connectivity index (χ1v) is 9.47. The summed E-state index contributed by atoms with van der Waals surface area (Å²) in [6.07, 6.45) is 0. The fourth-order valence-corrected chi connectivity index (χ4v) is 3.70. The Balaban J connectivity index is 1.75. The zero-order valence-corrected chi connectivity index (χ0v) is 15.4. The monoisotopic (exact) mass is 360 g/mol. The molecule has 0 radical (unpaired) electrons. The second kappa shape index (κ2) is 7.09. The van der Waals surface area contributed by atoms with Gasteiger partial charge in [-0.15, -0.1) is 0 Å². The summed E-state index contributed by atoms with van der Waals surface area (Å²) in [6.45, 7) is 0. The van der Waals surface area contributed by atoms with Crippen molar-refractivity contribution < 1.29 is 0 Å². The first-order valence-electron chi connectivity index (χ1n) is 9.47. The van der Waals surface area contributed by atoms with Gasteiger partial charge in [-0.1, -0.05) is 91.0 Å². The van der Waals surface area contributed by atoms with Crippen LogP contribution in [-0.4, -0.2) is 0 Å². The lowest BCUT2D eigenvalue weighted by Crippen LogP contribution is -2.24. The van der Waals surface area contributed by atoms with E-state index >= 15 is 0 Å². The molecule has 0 amide bonds. The lowest BCUT2D eigenvalue weighted by atomic mass is 10.1. The van der Waals surface area contributed by atoms with Crippen LogP contribution in [0, 0.1) is 0 Å². The maximum absolute atomic E-state index is 3.63. The minimum absolute atomic E-state index is 1.04. The van der Waals surface area contributed by atoms with Crippen LogP contribution in [0.4, 0.5) is 17.1 Å². The number of hydrogen-bond acceptors (Lipinski definition) is 2. The van der Waals surface area contributed by atoms with Crippen LogP contribution in [0.25, 0.3) is 21.5 Å². The summed E-state index contributed by atoms with van der Waals surface area (Å²) in [5.74, 6) is 0. The number of nitrogens with one attached hydrogen (secondary N) is 1. The number of hydrogen-bond donors (Lipinski definition) is 1. The van der Waals surface area contributed by atoms with E-state index in [9.17, 15) is 0 Å². The average Bonchev–Trinajstić information content (AvgIpc) is 2.78. The molecule has 0 atom stereocenters. The zero-order valence-electron chi connectivity index (χ0n) is 15.4. The maximum Gasteiger partial charge on any atom is 0.0709 e. The smallest absolute Gasteiger partial charge is 0.0709 e. The minimum Gasteiger partial charge on any atom is -0.294 e. The molecule has 28 heavy (non-hydrogen) atoms. The number of para-hydroxylation sites is 1. The summed E-state index contributed by atoms with van der Waals surface area (Å²) in [5.41, 5.74) is 6.92. The highest BCUT2D eigenvalue weighted by molar-refractivity contribution is 6.02. The van der Waals surface area contributed by atoms with Crippen LogP contribution in [0.5, 0.6) is 0 Å². The van der Waals surface area contributed by atoms with E-state index in [0.717, 1.165) is 17.1 Å². The van der Waals surface area contributed by atoms with Crippen molar-refractivity contribution in [2.45, 2.75) is 0 Å². The Morgan fingerprint density at radius 3 is 1.46 bits per heavy atom. The molecule has 0 aliphatic heterocycles. The third-order valence-electron chi connectivity index (χ3n) is 5.03. The third kappa shape index (κ3) is 2.95. The Labute approximate surface area is 164 Å². The lowest BCUT2D eigenvalue weighted by Gasteiger charge is -2.29. The Bertz CT molecular complexity index is 1160. The number of benzene rings is 5. The van der Waals surface area contributed by atoms with Crippen molar-refractivity contribution in [2.75, 3.05) is 10.4 Å². The van der Waals surface area contributed by atoms with Gasteiger partial charge in [-0.3, -0.25) is 10.4 Å². The van der Waals surface area contributed by atoms with Crippen molar-refractivity contribution in [3.63, 3.8) is 0 Å². The van der Waals surface area contributed by atoms with Gasteiger partial charge in [0.25, 0.3) is 0 Å². The number of rotatable bonds is 4. The molecule has 1 N–H and O–H groups in total. The van der Waals surface area contributed by atoms with Gasteiger partial charge < -0.3 is 0 Å². The summed E-state index contributed by atoms with van der Waals surface area (Å²) in [5, 5.41) is 7.06. The van der Waals surface area contributed by atoms with Crippen molar-refractivity contribution in [3.05, 3.63) is 115 Å². The molecule has 134 valence electrons. The number of nitrogens with zero attached hydrogens (tertiary/aromatic N) is 1. The summed E-state index contributed by atoms with van der Waals surface area (Å²) >= 11 is 0. The molecule has 0 saturated carbocycles. The fraction of sp³-hybridized carbons (Fsp3) is 0. The van der Waals surface area contributed by atoms with Gasteiger partial charge >= 0.3 is 0 Å². The van der Waals surface area contributed by atoms with Crippen molar-refractivity contribution in [1.29, 1.82) is 0 Å². The van der Waals surface area contributed by atoms with Crippen molar-refractivity contribution >= 4 is 38.6 Å². The van der Waals surface area contributed by atoms with Gasteiger partial charge in [-0.25, -0.2) is 0 Å². The quantitative estimate of drug-likeness (QED) is 0.342. The molecule has 2 nitrogen and oxygen atoms in total. The molecule has 0 heterocycles. The van der Waals surface area contributed by atoms with Crippen molar-refractivity contribution in [2.24, 2.45) is 0 Å². The van der Waals surface area contributed by atoms with E-state index in [4.69, 9.17) is 0 Å². The predicted octanol–water partition coefficient (Wildman–Crippen LogP) is 7.16. The van der Waals surface area contributed by atoms with Crippen molar-refractivity contribution in [1.82, 2.24) is 0 Å². The van der Waals surface area contributed by atoms with Gasteiger partial charge in [0.15, 0.2) is 0 Å². The van der Waals surface area contributed by atoms with Crippen LogP contribution < -0.4 is 10.4 Å². The Morgan fingerprint density at radius 1 is 0.429 bits per heavy atom. The van der Waals surface area contributed by atoms with E-state index in [1.54, 1.807) is 0 Å². The van der Waals surface area contributed by atoms with E-state index < -0.39 is 0 Å². The molecule has 0 spiro atoms. The molecule has 5 aromatic carbocycles. The van der Waals surface area contributed by atoms with Gasteiger partial charge in [0.1, 0.15) is 0 Å². The Morgan fingerprint density at radius 2 is 0.893 bits per heavy atom. The first-order chi connectivity index (χ1) is 13.9. The molecule has 0 bridgehead atoms. The SMILES string of the molecule is c1ccc(NN(c2cccc3ccccc23)c2cccc3ccccc23)cc1. The van der Waals surface area contributed by atoms with E-state index in [0.29, 0.717) is 0 Å². The van der Waals surface area contributed by atoms with Crippen LogP contribution in [0.3, 0.4) is 0 Å². The van der Waals surface area contributed by atoms with E-state index in [1.165, 1.54) is 21.5 Å². The summed E-state index contributed by atoms with van der Waals surface area (Å²) < 4.78 is 0. The average molecular weight is 360 g/mol. The molecule has 0 aliphatic rings. The van der Waals surface area contributed by atoms with Crippen molar-refractivity contribution in [3.8, 4) is 0 Å². The summed E-state index contributed by atoms with van der Waals surface area (Å²) in [6, 6.07) is 40.2. The van der Waals surface area contributed by atoms with Crippen LogP contribution in [0.2, 0.25) is 0 Å². The highest BCUT2D eigenvalue weighted by atomic mass is 15.5. The lowest BCUT2D eigenvalue weighted by molar-refractivity contribution is 1.18. The predicted molar refractivity (Wildman–Crippen MR) is 120 cm³/mol. The molecular formula is C26H20N2. The molecule has 5 aromatic rings. The Hall–Kier alpha value is -3.78. The molecule has 0 aromatic heterocycles. The second-order valence-electron chi connectivity index (χ2n) is 6.81. The largest absolute Gasteiger partial charge is 0.294 e. The first kappa shape index (κ1) is 16.4. The summed E-state index contributed by atoms with van der Waals surface area (Å²) in [4.78, 5) is 0. The Kier molecular flexibility index (Phi) is 4.15. The van der Waals surface area contributed by atoms with Crippen LogP contribution in [0.15, 0.2) is 115 Å². The normalized spacial score (nSPS) is 10.9. The standard InChI is InChI=1S/C26H20N2/c1-2-14-22(15-3-1)27-28(25-18-8-12-20-10-4-6-16-23(20)25)26-19-9-13-21-11-5-7-17-24(21)26/h1-19,27H. The van der Waals surface area contributed by atoms with E-state index in [2.05, 4.69) is 107 Å². The zero-order chi connectivity index (χ0) is 18.8. The molecule has 5 rings (SSSR count). The molecule has 0 unspecified atom stereocenters. The second-order valence-corrected chi connectivity index (χ2v) is 6.81. The van der Waals surface area contributed by atoms with Gasteiger partial charge in [0, 0.05) is 10.8 Å². The van der Waals surface area contributed by atoms with E-state index in [-0.39, 0.29) is 0 Å².